The predicted octanol–water partition coefficient (Wildman–Crippen LogP) is 3.82. The fourth-order valence-corrected chi connectivity index (χ4v) is 5.24. The molecule has 0 bridgehead atoms. The van der Waals surface area contributed by atoms with E-state index in [1.807, 2.05) is 0 Å². The number of alkyl halides is 3. The lowest BCUT2D eigenvalue weighted by atomic mass is 9.70. The zero-order valence-electron chi connectivity index (χ0n) is 19.0. The number of benzene rings is 2. The molecule has 4 rings (SSSR count). The number of nitriles is 1. The van der Waals surface area contributed by atoms with Gasteiger partial charge in [-0.25, -0.2) is 4.39 Å². The van der Waals surface area contributed by atoms with Crippen molar-refractivity contribution >= 4 is 17.5 Å². The third-order valence-corrected chi connectivity index (χ3v) is 7.12. The van der Waals surface area contributed by atoms with E-state index >= 15 is 0 Å². The summed E-state index contributed by atoms with van der Waals surface area (Å²) in [5.41, 5.74) is -1.40. The van der Waals surface area contributed by atoms with Crippen molar-refractivity contribution in [1.82, 2.24) is 10.2 Å². The largest absolute Gasteiger partial charge is 0.417 e. The van der Waals surface area contributed by atoms with Crippen molar-refractivity contribution in [1.29, 1.82) is 5.26 Å². The van der Waals surface area contributed by atoms with Crippen LogP contribution in [0.15, 0.2) is 42.5 Å². The van der Waals surface area contributed by atoms with Crippen molar-refractivity contribution in [3.8, 4) is 6.07 Å². The van der Waals surface area contributed by atoms with Crippen molar-refractivity contribution in [2.45, 2.75) is 19.0 Å². The van der Waals surface area contributed by atoms with Crippen molar-refractivity contribution in [3.05, 3.63) is 65.0 Å². The smallest absolute Gasteiger partial charge is 0.371 e. The molecule has 2 aliphatic heterocycles. The third-order valence-electron chi connectivity index (χ3n) is 7.12. The third kappa shape index (κ3) is 4.67. The highest BCUT2D eigenvalue weighted by Crippen LogP contribution is 2.46. The van der Waals surface area contributed by atoms with E-state index in [4.69, 9.17) is 5.26 Å². The summed E-state index contributed by atoms with van der Waals surface area (Å²) in [5.74, 6) is -1.58. The lowest BCUT2D eigenvalue weighted by Gasteiger charge is -2.43. The van der Waals surface area contributed by atoms with Crippen LogP contribution in [0.1, 0.15) is 34.3 Å². The Hall–Kier alpha value is -3.61. The standard InChI is InChI=1S/C25H24F4N4O2/c1-31-22(34)21-14-33(23(35)16-3-2-4-18(26)11-16)15-24(21)7-9-32(10-8-24)19-6-5-17(13-30)20(12-19)25(27,28)29/h2-6,11-12,21H,7-10,14-15H2,1H3,(H,31,34). The number of hydrogen-bond acceptors (Lipinski definition) is 4. The highest BCUT2D eigenvalue weighted by molar-refractivity contribution is 5.95. The lowest BCUT2D eigenvalue weighted by molar-refractivity contribution is -0.137. The Morgan fingerprint density at radius 3 is 2.46 bits per heavy atom. The molecule has 35 heavy (non-hydrogen) atoms. The first-order valence-electron chi connectivity index (χ1n) is 11.2. The number of amides is 2. The molecule has 1 N–H and O–H groups in total. The number of halogens is 4. The summed E-state index contributed by atoms with van der Waals surface area (Å²) in [6.45, 7) is 1.26. The molecule has 0 aliphatic carbocycles. The molecule has 10 heteroatoms. The molecule has 6 nitrogen and oxygen atoms in total. The minimum Gasteiger partial charge on any atom is -0.371 e. The van der Waals surface area contributed by atoms with E-state index in [2.05, 4.69) is 5.32 Å². The van der Waals surface area contributed by atoms with Gasteiger partial charge in [-0.05, 0) is 49.2 Å². The number of anilines is 1. The predicted molar refractivity (Wildman–Crippen MR) is 120 cm³/mol. The first kappa shape index (κ1) is 24.5. The summed E-state index contributed by atoms with van der Waals surface area (Å²) in [5, 5.41) is 11.7. The molecular formula is C25H24F4N4O2. The molecule has 2 heterocycles. The number of nitrogens with zero attached hydrogens (tertiary/aromatic N) is 3. The van der Waals surface area contributed by atoms with Crippen LogP contribution >= 0.6 is 0 Å². The van der Waals surface area contributed by atoms with Crippen molar-refractivity contribution in [3.63, 3.8) is 0 Å². The summed E-state index contributed by atoms with van der Waals surface area (Å²) in [6.07, 6.45) is -3.68. The lowest BCUT2D eigenvalue weighted by Crippen LogP contribution is -2.48. The van der Waals surface area contributed by atoms with E-state index in [1.165, 1.54) is 37.4 Å². The zero-order chi connectivity index (χ0) is 25.4. The molecule has 2 saturated heterocycles. The van der Waals surface area contributed by atoms with E-state index in [0.717, 1.165) is 12.1 Å². The van der Waals surface area contributed by atoms with Gasteiger partial charge in [-0.2, -0.15) is 18.4 Å². The fourth-order valence-electron chi connectivity index (χ4n) is 5.24. The Balaban J connectivity index is 1.55. The highest BCUT2D eigenvalue weighted by Gasteiger charge is 2.52. The first-order chi connectivity index (χ1) is 16.6. The van der Waals surface area contributed by atoms with Gasteiger partial charge in [0.2, 0.25) is 5.91 Å². The minimum atomic E-state index is -4.65. The maximum Gasteiger partial charge on any atom is 0.417 e. The molecule has 1 atom stereocenters. The summed E-state index contributed by atoms with van der Waals surface area (Å²) in [4.78, 5) is 29.2. The zero-order valence-corrected chi connectivity index (χ0v) is 19.0. The van der Waals surface area contributed by atoms with Crippen LogP contribution in [0.25, 0.3) is 0 Å². The molecule has 0 aromatic heterocycles. The van der Waals surface area contributed by atoms with Crippen molar-refractivity contribution in [2.24, 2.45) is 11.3 Å². The summed E-state index contributed by atoms with van der Waals surface area (Å²) >= 11 is 0. The van der Waals surface area contributed by atoms with Gasteiger partial charge in [-0.15, -0.1) is 0 Å². The van der Waals surface area contributed by atoms with Gasteiger partial charge in [0.15, 0.2) is 0 Å². The Kier molecular flexibility index (Phi) is 6.45. The number of carbonyl (C=O) groups is 2. The van der Waals surface area contributed by atoms with Crippen molar-refractivity contribution in [2.75, 3.05) is 38.1 Å². The molecule has 2 aliphatic rings. The van der Waals surface area contributed by atoms with Crippen molar-refractivity contribution < 1.29 is 27.2 Å². The summed E-state index contributed by atoms with van der Waals surface area (Å²) in [6, 6.07) is 10.6. The van der Waals surface area contributed by atoms with E-state index in [-0.39, 0.29) is 23.9 Å². The van der Waals surface area contributed by atoms with Gasteiger partial charge in [0.1, 0.15) is 5.82 Å². The number of carbonyl (C=O) groups excluding carboxylic acids is 2. The van der Waals surface area contributed by atoms with Gasteiger partial charge in [0, 0.05) is 49.9 Å². The molecule has 184 valence electrons. The van der Waals surface area contributed by atoms with Crippen LogP contribution in [0.2, 0.25) is 0 Å². The Bertz CT molecular complexity index is 1180. The Morgan fingerprint density at radius 2 is 1.86 bits per heavy atom. The number of hydrogen-bond donors (Lipinski definition) is 1. The number of likely N-dealkylation sites (tertiary alicyclic amines) is 1. The van der Waals surface area contributed by atoms with Crippen LogP contribution in [-0.2, 0) is 11.0 Å². The van der Waals surface area contributed by atoms with Gasteiger partial charge in [0.05, 0.1) is 23.1 Å². The van der Waals surface area contributed by atoms with Crippen LogP contribution in [0.5, 0.6) is 0 Å². The molecular weight excluding hydrogens is 464 g/mol. The molecule has 2 aromatic rings. The van der Waals surface area contributed by atoms with Crippen LogP contribution < -0.4 is 10.2 Å². The SMILES string of the molecule is CNC(=O)C1CN(C(=O)c2cccc(F)c2)CC12CCN(c1ccc(C#N)c(C(F)(F)F)c1)CC2. The topological polar surface area (TPSA) is 76.4 Å². The second kappa shape index (κ2) is 9.21. The van der Waals surface area contributed by atoms with Crippen LogP contribution in [0, 0.1) is 28.5 Å². The molecule has 0 saturated carbocycles. The maximum atomic E-state index is 13.6. The number of rotatable bonds is 3. The molecule has 1 unspecified atom stereocenters. The van der Waals surface area contributed by atoms with E-state index < -0.39 is 34.5 Å². The monoisotopic (exact) mass is 488 g/mol. The van der Waals surface area contributed by atoms with Gasteiger partial charge >= 0.3 is 6.18 Å². The Labute approximate surface area is 200 Å². The second-order valence-electron chi connectivity index (χ2n) is 9.05. The van der Waals surface area contributed by atoms with Crippen LogP contribution in [0.3, 0.4) is 0 Å². The van der Waals surface area contributed by atoms with Crippen LogP contribution in [0.4, 0.5) is 23.2 Å². The van der Waals surface area contributed by atoms with E-state index in [0.29, 0.717) is 38.2 Å². The van der Waals surface area contributed by atoms with E-state index in [9.17, 15) is 27.2 Å². The molecule has 2 amide bonds. The molecule has 1 spiro atoms. The quantitative estimate of drug-likeness (QED) is 0.667. The van der Waals surface area contributed by atoms with E-state index in [1.54, 1.807) is 15.9 Å². The summed E-state index contributed by atoms with van der Waals surface area (Å²) < 4.78 is 53.9. The van der Waals surface area contributed by atoms with Gasteiger partial charge in [0.25, 0.3) is 5.91 Å². The maximum absolute atomic E-state index is 13.6. The summed E-state index contributed by atoms with van der Waals surface area (Å²) in [7, 11) is 1.53. The molecule has 2 fully saturated rings. The number of piperidine rings is 1. The normalized spacial score (nSPS) is 19.5. The number of nitrogens with one attached hydrogen (secondary N) is 1. The average Bonchev–Trinajstić information content (AvgIpc) is 3.21. The molecule has 0 radical (unpaired) electrons. The highest BCUT2D eigenvalue weighted by atomic mass is 19.4. The van der Waals surface area contributed by atoms with Gasteiger partial charge in [-0.1, -0.05) is 6.07 Å². The van der Waals surface area contributed by atoms with Gasteiger partial charge in [-0.3, -0.25) is 9.59 Å². The molecule has 2 aromatic carbocycles. The minimum absolute atomic E-state index is 0.185. The van der Waals surface area contributed by atoms with Gasteiger partial charge < -0.3 is 15.1 Å². The first-order valence-corrected chi connectivity index (χ1v) is 11.2. The fraction of sp³-hybridized carbons (Fsp3) is 0.400. The van der Waals surface area contributed by atoms with Crippen LogP contribution in [-0.4, -0.2) is 49.9 Å². The average molecular weight is 488 g/mol. The second-order valence-corrected chi connectivity index (χ2v) is 9.05. The Morgan fingerprint density at radius 1 is 1.14 bits per heavy atom.